The molecule has 1 fully saturated rings. The average Bonchev–Trinajstić information content (AvgIpc) is 2.64. The van der Waals surface area contributed by atoms with Crippen molar-refractivity contribution in [2.75, 3.05) is 13.1 Å². The zero-order chi connectivity index (χ0) is 11.7. The molecule has 0 aromatic carbocycles. The van der Waals surface area contributed by atoms with Crippen molar-refractivity contribution in [3.05, 3.63) is 23.3 Å². The first kappa shape index (κ1) is 11.0. The molecule has 0 bridgehead atoms. The molecule has 16 heavy (non-hydrogen) atoms. The first-order valence-electron chi connectivity index (χ1n) is 5.64. The lowest BCUT2D eigenvalue weighted by molar-refractivity contribution is -0.127. The molecule has 1 saturated heterocycles. The Balaban J connectivity index is 2.17. The summed E-state index contributed by atoms with van der Waals surface area (Å²) >= 11 is 0. The third-order valence-electron chi connectivity index (χ3n) is 3.00. The lowest BCUT2D eigenvalue weighted by Crippen LogP contribution is -2.25. The molecule has 1 aromatic rings. The van der Waals surface area contributed by atoms with Crippen molar-refractivity contribution in [1.82, 2.24) is 14.9 Å². The topological polar surface area (TPSA) is 46.1 Å². The highest BCUT2D eigenvalue weighted by molar-refractivity contribution is 5.73. The van der Waals surface area contributed by atoms with E-state index in [0.717, 1.165) is 36.7 Å². The Labute approximate surface area is 95.7 Å². The summed E-state index contributed by atoms with van der Waals surface area (Å²) < 4.78 is 0. The third kappa shape index (κ3) is 2.21. The number of rotatable bonds is 1. The van der Waals surface area contributed by atoms with Crippen molar-refractivity contribution >= 4 is 5.91 Å². The predicted molar refractivity (Wildman–Crippen MR) is 61.1 cm³/mol. The van der Waals surface area contributed by atoms with Crippen LogP contribution in [-0.4, -0.2) is 33.9 Å². The summed E-state index contributed by atoms with van der Waals surface area (Å²) in [7, 11) is 0. The summed E-state index contributed by atoms with van der Waals surface area (Å²) in [6.45, 7) is 7.17. The van der Waals surface area contributed by atoms with Crippen LogP contribution in [0.25, 0.3) is 0 Å². The van der Waals surface area contributed by atoms with E-state index < -0.39 is 0 Å². The van der Waals surface area contributed by atoms with Gasteiger partial charge in [-0.2, -0.15) is 0 Å². The molecule has 1 aliphatic heterocycles. The normalized spacial score (nSPS) is 20.2. The number of amides is 1. The molecule has 0 saturated carbocycles. The summed E-state index contributed by atoms with van der Waals surface area (Å²) in [5, 5.41) is 0. The van der Waals surface area contributed by atoms with E-state index >= 15 is 0 Å². The molecule has 1 amide bonds. The Morgan fingerprint density at radius 2 is 2.00 bits per heavy atom. The first-order chi connectivity index (χ1) is 7.56. The molecule has 0 aliphatic carbocycles. The van der Waals surface area contributed by atoms with Crippen LogP contribution in [-0.2, 0) is 4.79 Å². The molecule has 86 valence electrons. The molecule has 0 N–H and O–H groups in total. The van der Waals surface area contributed by atoms with Gasteiger partial charge in [0, 0.05) is 37.3 Å². The molecule has 1 aliphatic rings. The van der Waals surface area contributed by atoms with Gasteiger partial charge in [-0.25, -0.2) is 9.97 Å². The van der Waals surface area contributed by atoms with Gasteiger partial charge in [-0.3, -0.25) is 4.79 Å². The maximum absolute atomic E-state index is 11.2. The minimum Gasteiger partial charge on any atom is -0.342 e. The Hall–Kier alpha value is -1.45. The van der Waals surface area contributed by atoms with Crippen LogP contribution in [0.1, 0.15) is 36.5 Å². The number of nitrogens with zero attached hydrogens (tertiary/aromatic N) is 3. The first-order valence-corrected chi connectivity index (χ1v) is 5.64. The molecule has 0 spiro atoms. The second-order valence-electron chi connectivity index (χ2n) is 4.46. The van der Waals surface area contributed by atoms with Gasteiger partial charge >= 0.3 is 0 Å². The molecule has 2 rings (SSSR count). The van der Waals surface area contributed by atoms with Crippen LogP contribution < -0.4 is 0 Å². The smallest absolute Gasteiger partial charge is 0.219 e. The number of likely N-dealkylation sites (tertiary alicyclic amines) is 1. The van der Waals surface area contributed by atoms with Gasteiger partial charge in [0.2, 0.25) is 5.91 Å². The Morgan fingerprint density at radius 1 is 1.38 bits per heavy atom. The Kier molecular flexibility index (Phi) is 2.90. The Bertz CT molecular complexity index is 396. The van der Waals surface area contributed by atoms with E-state index in [4.69, 9.17) is 0 Å². The number of aromatic nitrogens is 2. The summed E-state index contributed by atoms with van der Waals surface area (Å²) in [6.07, 6.45) is 0.975. The fraction of sp³-hybridized carbons (Fsp3) is 0.583. The Morgan fingerprint density at radius 3 is 2.50 bits per heavy atom. The lowest BCUT2D eigenvalue weighted by atomic mass is 10.1. The van der Waals surface area contributed by atoms with Gasteiger partial charge in [0.1, 0.15) is 5.82 Å². The second kappa shape index (κ2) is 4.20. The summed E-state index contributed by atoms with van der Waals surface area (Å²) in [5.74, 6) is 1.34. The molecular formula is C12H17N3O. The van der Waals surface area contributed by atoms with Crippen molar-refractivity contribution in [2.45, 2.75) is 33.1 Å². The number of carbonyl (C=O) groups is 1. The fourth-order valence-electron chi connectivity index (χ4n) is 2.19. The van der Waals surface area contributed by atoms with Gasteiger partial charge in [-0.1, -0.05) is 0 Å². The zero-order valence-corrected chi connectivity index (χ0v) is 10.0. The van der Waals surface area contributed by atoms with Crippen molar-refractivity contribution in [2.24, 2.45) is 0 Å². The van der Waals surface area contributed by atoms with Crippen LogP contribution in [0.15, 0.2) is 6.07 Å². The van der Waals surface area contributed by atoms with E-state index in [-0.39, 0.29) is 5.91 Å². The highest BCUT2D eigenvalue weighted by atomic mass is 16.2. The molecule has 1 atom stereocenters. The largest absolute Gasteiger partial charge is 0.342 e. The minimum absolute atomic E-state index is 0.145. The highest BCUT2D eigenvalue weighted by Gasteiger charge is 2.27. The van der Waals surface area contributed by atoms with E-state index in [0.29, 0.717) is 5.92 Å². The van der Waals surface area contributed by atoms with E-state index in [1.807, 2.05) is 24.8 Å². The van der Waals surface area contributed by atoms with Crippen LogP contribution in [0, 0.1) is 13.8 Å². The van der Waals surface area contributed by atoms with Crippen molar-refractivity contribution < 1.29 is 4.79 Å². The van der Waals surface area contributed by atoms with E-state index in [2.05, 4.69) is 9.97 Å². The van der Waals surface area contributed by atoms with Crippen LogP contribution in [0.5, 0.6) is 0 Å². The fourth-order valence-corrected chi connectivity index (χ4v) is 2.19. The predicted octanol–water partition coefficient (Wildman–Crippen LogP) is 1.43. The second-order valence-corrected chi connectivity index (χ2v) is 4.46. The lowest BCUT2D eigenvalue weighted by Gasteiger charge is -2.13. The van der Waals surface area contributed by atoms with Crippen molar-refractivity contribution in [3.63, 3.8) is 0 Å². The van der Waals surface area contributed by atoms with Gasteiger partial charge < -0.3 is 4.90 Å². The standard InChI is InChI=1S/C12H17N3O/c1-8-6-9(2)14-12(13-8)11-4-5-15(7-11)10(3)16/h6,11H,4-5,7H2,1-3H3. The molecule has 4 nitrogen and oxygen atoms in total. The monoisotopic (exact) mass is 219 g/mol. The van der Waals surface area contributed by atoms with Crippen LogP contribution in [0.4, 0.5) is 0 Å². The number of aryl methyl sites for hydroxylation is 2. The van der Waals surface area contributed by atoms with Crippen LogP contribution in [0.3, 0.4) is 0 Å². The van der Waals surface area contributed by atoms with Crippen molar-refractivity contribution in [3.8, 4) is 0 Å². The SMILES string of the molecule is CC(=O)N1CCC(c2nc(C)cc(C)n2)C1. The van der Waals surface area contributed by atoms with Crippen molar-refractivity contribution in [1.29, 1.82) is 0 Å². The quantitative estimate of drug-likeness (QED) is 0.717. The number of hydrogen-bond acceptors (Lipinski definition) is 3. The van der Waals surface area contributed by atoms with Gasteiger partial charge in [0.15, 0.2) is 0 Å². The third-order valence-corrected chi connectivity index (χ3v) is 3.00. The van der Waals surface area contributed by atoms with Gasteiger partial charge in [-0.15, -0.1) is 0 Å². The summed E-state index contributed by atoms with van der Waals surface area (Å²) in [5.41, 5.74) is 2.01. The van der Waals surface area contributed by atoms with Gasteiger partial charge in [0.05, 0.1) is 0 Å². The van der Waals surface area contributed by atoms with Gasteiger partial charge in [-0.05, 0) is 26.3 Å². The van der Waals surface area contributed by atoms with E-state index in [1.165, 1.54) is 0 Å². The van der Waals surface area contributed by atoms with Gasteiger partial charge in [0.25, 0.3) is 0 Å². The molecule has 2 heterocycles. The number of hydrogen-bond donors (Lipinski definition) is 0. The average molecular weight is 219 g/mol. The van der Waals surface area contributed by atoms with Crippen LogP contribution in [0.2, 0.25) is 0 Å². The summed E-state index contributed by atoms with van der Waals surface area (Å²) in [4.78, 5) is 22.0. The minimum atomic E-state index is 0.145. The molecule has 1 aromatic heterocycles. The molecule has 4 heteroatoms. The van der Waals surface area contributed by atoms with E-state index in [1.54, 1.807) is 6.92 Å². The van der Waals surface area contributed by atoms with E-state index in [9.17, 15) is 4.79 Å². The zero-order valence-electron chi connectivity index (χ0n) is 10.0. The summed E-state index contributed by atoms with van der Waals surface area (Å²) in [6, 6.07) is 1.97. The molecule has 1 unspecified atom stereocenters. The number of carbonyl (C=O) groups excluding carboxylic acids is 1. The van der Waals surface area contributed by atoms with Crippen LogP contribution >= 0.6 is 0 Å². The maximum Gasteiger partial charge on any atom is 0.219 e. The maximum atomic E-state index is 11.2. The molecular weight excluding hydrogens is 202 g/mol. The molecule has 0 radical (unpaired) electrons. The highest BCUT2D eigenvalue weighted by Crippen LogP contribution is 2.24.